The summed E-state index contributed by atoms with van der Waals surface area (Å²) < 4.78 is 5.29. The molecule has 1 saturated carbocycles. The third-order valence-corrected chi connectivity index (χ3v) is 2.95. The number of nitrogens with zero attached hydrogens (tertiary/aromatic N) is 1. The lowest BCUT2D eigenvalue weighted by molar-refractivity contribution is -0.385. The molecule has 2 rings (SSSR count). The van der Waals surface area contributed by atoms with Crippen LogP contribution < -0.4 is 10.1 Å². The molecule has 0 atom stereocenters. The van der Waals surface area contributed by atoms with E-state index in [2.05, 4.69) is 5.32 Å². The van der Waals surface area contributed by atoms with Crippen LogP contribution in [0.25, 0.3) is 0 Å². The first-order valence-corrected chi connectivity index (χ1v) is 5.89. The number of nitro groups is 1. The number of ether oxygens (including phenoxy) is 1. The Morgan fingerprint density at radius 2 is 2.29 bits per heavy atom. The van der Waals surface area contributed by atoms with Crippen molar-refractivity contribution in [2.75, 3.05) is 11.9 Å². The van der Waals surface area contributed by atoms with Gasteiger partial charge in [0.15, 0.2) is 5.75 Å². The zero-order valence-electron chi connectivity index (χ0n) is 9.81. The number of nitrogens with one attached hydrogen (secondary N) is 1. The molecule has 0 amide bonds. The molecule has 0 aromatic heterocycles. The van der Waals surface area contributed by atoms with E-state index in [0.29, 0.717) is 24.1 Å². The van der Waals surface area contributed by atoms with Gasteiger partial charge < -0.3 is 10.1 Å². The summed E-state index contributed by atoms with van der Waals surface area (Å²) in [5, 5.41) is 14.3. The highest BCUT2D eigenvalue weighted by atomic mass is 16.6. The average molecular weight is 236 g/mol. The van der Waals surface area contributed by atoms with E-state index in [9.17, 15) is 10.1 Å². The number of hydrogen-bond acceptors (Lipinski definition) is 4. The van der Waals surface area contributed by atoms with Crippen LogP contribution in [0.15, 0.2) is 18.2 Å². The lowest BCUT2D eigenvalue weighted by Gasteiger charge is -2.27. The molecule has 0 spiro atoms. The van der Waals surface area contributed by atoms with E-state index in [1.54, 1.807) is 18.2 Å². The van der Waals surface area contributed by atoms with E-state index in [-0.39, 0.29) is 10.6 Å². The topological polar surface area (TPSA) is 64.4 Å². The van der Waals surface area contributed by atoms with Gasteiger partial charge in [-0.3, -0.25) is 10.1 Å². The Kier molecular flexibility index (Phi) is 3.46. The minimum Gasteiger partial charge on any atom is -0.487 e. The maximum absolute atomic E-state index is 11.1. The van der Waals surface area contributed by atoms with Crippen molar-refractivity contribution < 1.29 is 9.66 Å². The van der Waals surface area contributed by atoms with Crippen molar-refractivity contribution in [1.82, 2.24) is 0 Å². The normalized spacial score (nSPS) is 15.1. The van der Waals surface area contributed by atoms with Gasteiger partial charge in [-0.05, 0) is 38.3 Å². The predicted octanol–water partition coefficient (Wildman–Crippen LogP) is 2.96. The SMILES string of the molecule is CCOc1cccc(NC2CCC2)c1[N+](=O)[O-]. The number of hydrogen-bond donors (Lipinski definition) is 1. The molecule has 1 aliphatic rings. The number of para-hydroxylation sites is 1. The first-order chi connectivity index (χ1) is 8.22. The summed E-state index contributed by atoms with van der Waals surface area (Å²) in [4.78, 5) is 10.7. The summed E-state index contributed by atoms with van der Waals surface area (Å²) in [6.45, 7) is 2.24. The molecule has 1 N–H and O–H groups in total. The summed E-state index contributed by atoms with van der Waals surface area (Å²) in [5.74, 6) is 0.335. The monoisotopic (exact) mass is 236 g/mol. The molecule has 0 saturated heterocycles. The second-order valence-corrected chi connectivity index (χ2v) is 4.11. The Morgan fingerprint density at radius 1 is 1.53 bits per heavy atom. The van der Waals surface area contributed by atoms with Gasteiger partial charge in [-0.2, -0.15) is 0 Å². The number of nitro benzene ring substituents is 1. The molecule has 0 bridgehead atoms. The lowest BCUT2D eigenvalue weighted by Crippen LogP contribution is -2.27. The largest absolute Gasteiger partial charge is 0.487 e. The highest BCUT2D eigenvalue weighted by Crippen LogP contribution is 2.36. The number of benzene rings is 1. The third kappa shape index (κ3) is 2.49. The van der Waals surface area contributed by atoms with Crippen molar-refractivity contribution in [2.45, 2.75) is 32.2 Å². The van der Waals surface area contributed by atoms with E-state index in [1.165, 1.54) is 6.42 Å². The van der Waals surface area contributed by atoms with Crippen LogP contribution in [0.3, 0.4) is 0 Å². The average Bonchev–Trinajstić information content (AvgIpc) is 2.23. The van der Waals surface area contributed by atoms with E-state index in [4.69, 9.17) is 4.74 Å². The Morgan fingerprint density at radius 3 is 2.82 bits per heavy atom. The van der Waals surface area contributed by atoms with Crippen LogP contribution in [0.2, 0.25) is 0 Å². The van der Waals surface area contributed by atoms with E-state index in [0.717, 1.165) is 12.8 Å². The molecule has 5 nitrogen and oxygen atoms in total. The molecule has 5 heteroatoms. The third-order valence-electron chi connectivity index (χ3n) is 2.95. The fourth-order valence-corrected chi connectivity index (χ4v) is 1.87. The van der Waals surface area contributed by atoms with Crippen molar-refractivity contribution in [3.8, 4) is 5.75 Å². The summed E-state index contributed by atoms with van der Waals surface area (Å²) in [6, 6.07) is 5.51. The summed E-state index contributed by atoms with van der Waals surface area (Å²) in [6.07, 6.45) is 3.35. The molecule has 0 radical (unpaired) electrons. The van der Waals surface area contributed by atoms with Gasteiger partial charge >= 0.3 is 5.69 Å². The van der Waals surface area contributed by atoms with Crippen molar-refractivity contribution in [1.29, 1.82) is 0 Å². The van der Waals surface area contributed by atoms with Gasteiger partial charge in [-0.25, -0.2) is 0 Å². The van der Waals surface area contributed by atoms with Crippen LogP contribution in [0.4, 0.5) is 11.4 Å². The second-order valence-electron chi connectivity index (χ2n) is 4.11. The minimum absolute atomic E-state index is 0.0428. The van der Waals surface area contributed by atoms with Crippen molar-refractivity contribution in [3.63, 3.8) is 0 Å². The van der Waals surface area contributed by atoms with E-state index < -0.39 is 0 Å². The van der Waals surface area contributed by atoms with Crippen LogP contribution >= 0.6 is 0 Å². The maximum Gasteiger partial charge on any atom is 0.333 e. The molecule has 17 heavy (non-hydrogen) atoms. The highest BCUT2D eigenvalue weighted by Gasteiger charge is 2.25. The van der Waals surface area contributed by atoms with Gasteiger partial charge in [-0.15, -0.1) is 0 Å². The van der Waals surface area contributed by atoms with Gasteiger partial charge in [0.25, 0.3) is 0 Å². The molecule has 1 fully saturated rings. The fraction of sp³-hybridized carbons (Fsp3) is 0.500. The smallest absolute Gasteiger partial charge is 0.333 e. The molecule has 0 heterocycles. The maximum atomic E-state index is 11.1. The van der Waals surface area contributed by atoms with Crippen LogP contribution in [0, 0.1) is 10.1 Å². The quantitative estimate of drug-likeness (QED) is 0.630. The predicted molar refractivity (Wildman–Crippen MR) is 65.5 cm³/mol. The van der Waals surface area contributed by atoms with Crippen molar-refractivity contribution in [3.05, 3.63) is 28.3 Å². The first-order valence-electron chi connectivity index (χ1n) is 5.89. The molecular formula is C12H16N2O3. The van der Waals surface area contributed by atoms with Crippen molar-refractivity contribution in [2.24, 2.45) is 0 Å². The van der Waals surface area contributed by atoms with Crippen LogP contribution in [0.1, 0.15) is 26.2 Å². The molecular weight excluding hydrogens is 220 g/mol. The summed E-state index contributed by atoms with van der Waals surface area (Å²) in [7, 11) is 0. The molecule has 1 aromatic rings. The first kappa shape index (κ1) is 11.7. The molecule has 0 unspecified atom stereocenters. The fourth-order valence-electron chi connectivity index (χ4n) is 1.87. The Bertz CT molecular complexity index is 416. The van der Waals surface area contributed by atoms with Gasteiger partial charge in [-0.1, -0.05) is 6.07 Å². The Balaban J connectivity index is 2.28. The van der Waals surface area contributed by atoms with Gasteiger partial charge in [0, 0.05) is 6.04 Å². The summed E-state index contributed by atoms with van der Waals surface area (Å²) >= 11 is 0. The van der Waals surface area contributed by atoms with Crippen LogP contribution in [0.5, 0.6) is 5.75 Å². The van der Waals surface area contributed by atoms with Crippen LogP contribution in [-0.4, -0.2) is 17.6 Å². The molecule has 1 aromatic carbocycles. The van der Waals surface area contributed by atoms with Crippen molar-refractivity contribution >= 4 is 11.4 Å². The zero-order valence-corrected chi connectivity index (χ0v) is 9.81. The number of anilines is 1. The summed E-state index contributed by atoms with van der Waals surface area (Å²) in [5.41, 5.74) is 0.604. The second kappa shape index (κ2) is 5.03. The van der Waals surface area contributed by atoms with Crippen LogP contribution in [-0.2, 0) is 0 Å². The van der Waals surface area contributed by atoms with Gasteiger partial charge in [0.2, 0.25) is 0 Å². The zero-order chi connectivity index (χ0) is 12.3. The lowest BCUT2D eigenvalue weighted by atomic mass is 9.93. The van der Waals surface area contributed by atoms with Gasteiger partial charge in [0.05, 0.1) is 11.5 Å². The Hall–Kier alpha value is -1.78. The molecule has 92 valence electrons. The molecule has 1 aliphatic carbocycles. The van der Waals surface area contributed by atoms with E-state index >= 15 is 0 Å². The highest BCUT2D eigenvalue weighted by molar-refractivity contribution is 5.68. The van der Waals surface area contributed by atoms with E-state index in [1.807, 2.05) is 6.92 Å². The standard InChI is InChI=1S/C12H16N2O3/c1-2-17-11-8-4-7-10(12(11)14(15)16)13-9-5-3-6-9/h4,7-9,13H,2-3,5-6H2,1H3. The van der Waals surface area contributed by atoms with Gasteiger partial charge in [0.1, 0.15) is 5.69 Å². The minimum atomic E-state index is -0.383. The Labute approximate surface area is 99.9 Å². The number of rotatable bonds is 5. The molecule has 0 aliphatic heterocycles.